The summed E-state index contributed by atoms with van der Waals surface area (Å²) >= 11 is 3.64. The Hall–Kier alpha value is -1.32. The highest BCUT2D eigenvalue weighted by molar-refractivity contribution is 9.10. The van der Waals surface area contributed by atoms with Gasteiger partial charge in [0.05, 0.1) is 12.6 Å². The predicted octanol–water partition coefficient (Wildman–Crippen LogP) is 4.26. The van der Waals surface area contributed by atoms with Gasteiger partial charge in [-0.2, -0.15) is 0 Å². The molecule has 0 aromatic heterocycles. The second kappa shape index (κ2) is 6.20. The van der Waals surface area contributed by atoms with Crippen LogP contribution >= 0.6 is 15.9 Å². The number of hydrogen-bond donors (Lipinski definition) is 1. The van der Waals surface area contributed by atoms with Crippen LogP contribution in [0.4, 0.5) is 0 Å². The van der Waals surface area contributed by atoms with Gasteiger partial charge in [-0.25, -0.2) is 0 Å². The van der Waals surface area contributed by atoms with Crippen LogP contribution in [0.3, 0.4) is 0 Å². The molecule has 2 nitrogen and oxygen atoms in total. The first-order valence-corrected chi connectivity index (χ1v) is 8.24. The van der Waals surface area contributed by atoms with Gasteiger partial charge < -0.3 is 10.1 Å². The van der Waals surface area contributed by atoms with Crippen molar-refractivity contribution in [2.45, 2.75) is 25.8 Å². The van der Waals surface area contributed by atoms with Gasteiger partial charge in [0, 0.05) is 16.5 Å². The third kappa shape index (κ3) is 2.72. The lowest BCUT2D eigenvalue weighted by Gasteiger charge is -2.22. The van der Waals surface area contributed by atoms with Crippen molar-refractivity contribution in [3.63, 3.8) is 0 Å². The lowest BCUT2D eigenvalue weighted by Crippen LogP contribution is -2.20. The second-order valence-electron chi connectivity index (χ2n) is 5.36. The largest absolute Gasteiger partial charge is 0.493 e. The van der Waals surface area contributed by atoms with Gasteiger partial charge in [0.1, 0.15) is 5.75 Å². The molecule has 0 amide bonds. The molecule has 0 spiro atoms. The summed E-state index contributed by atoms with van der Waals surface area (Å²) in [6.07, 6.45) is 2.03. The van der Waals surface area contributed by atoms with Crippen LogP contribution in [-0.4, -0.2) is 13.7 Å². The zero-order valence-corrected chi connectivity index (χ0v) is 14.0. The molecule has 1 aliphatic rings. The van der Waals surface area contributed by atoms with E-state index in [4.69, 9.17) is 4.74 Å². The number of hydrogen-bond acceptors (Lipinski definition) is 2. The summed E-state index contributed by atoms with van der Waals surface area (Å²) in [5, 5.41) is 3.47. The molecule has 110 valence electrons. The summed E-state index contributed by atoms with van der Waals surface area (Å²) in [6, 6.07) is 13.1. The first-order chi connectivity index (χ1) is 10.2. The van der Waals surface area contributed by atoms with Gasteiger partial charge in [0.25, 0.3) is 0 Å². The average molecular weight is 346 g/mol. The molecule has 1 aliphatic heterocycles. The summed E-state index contributed by atoms with van der Waals surface area (Å²) in [5.74, 6) is 1.06. The Balaban J connectivity index is 2.13. The standard InChI is InChI=1S/C18H20BrNO/c1-3-12-6-4-5-7-15(12)17(20-2)16-11-14(19)10-13-8-9-21-18(13)16/h4-7,10-11,17,20H,3,8-9H2,1-2H3. The Morgan fingerprint density at radius 1 is 1.24 bits per heavy atom. The Bertz CT molecular complexity index is 654. The van der Waals surface area contributed by atoms with Crippen molar-refractivity contribution in [3.8, 4) is 5.75 Å². The van der Waals surface area contributed by atoms with Crippen LogP contribution in [0, 0.1) is 0 Å². The molecule has 0 bridgehead atoms. The smallest absolute Gasteiger partial charge is 0.127 e. The fourth-order valence-electron chi connectivity index (χ4n) is 3.13. The molecule has 2 aromatic rings. The van der Waals surface area contributed by atoms with Gasteiger partial charge in [-0.15, -0.1) is 0 Å². The molecule has 3 heteroatoms. The van der Waals surface area contributed by atoms with E-state index >= 15 is 0 Å². The molecule has 1 heterocycles. The van der Waals surface area contributed by atoms with Crippen LogP contribution in [-0.2, 0) is 12.8 Å². The lowest BCUT2D eigenvalue weighted by molar-refractivity contribution is 0.351. The third-order valence-electron chi connectivity index (χ3n) is 4.12. The van der Waals surface area contributed by atoms with E-state index in [1.165, 1.54) is 22.3 Å². The number of fused-ring (bicyclic) bond motifs is 1. The Labute approximate surface area is 134 Å². The minimum atomic E-state index is 0.158. The van der Waals surface area contributed by atoms with E-state index in [1.54, 1.807) is 0 Å². The minimum Gasteiger partial charge on any atom is -0.493 e. The zero-order chi connectivity index (χ0) is 14.8. The van der Waals surface area contributed by atoms with Crippen molar-refractivity contribution in [2.75, 3.05) is 13.7 Å². The van der Waals surface area contributed by atoms with Crippen LogP contribution in [0.5, 0.6) is 5.75 Å². The molecular weight excluding hydrogens is 326 g/mol. The molecule has 0 fully saturated rings. The highest BCUT2D eigenvalue weighted by Gasteiger charge is 2.24. The van der Waals surface area contributed by atoms with Gasteiger partial charge >= 0.3 is 0 Å². The SMILES string of the molecule is CCc1ccccc1C(NC)c1cc(Br)cc2c1OCC2. The molecule has 0 saturated carbocycles. The fraction of sp³-hybridized carbons (Fsp3) is 0.333. The van der Waals surface area contributed by atoms with Crippen molar-refractivity contribution in [1.82, 2.24) is 5.32 Å². The van der Waals surface area contributed by atoms with Gasteiger partial charge in [0.2, 0.25) is 0 Å². The van der Waals surface area contributed by atoms with Crippen LogP contribution in [0.1, 0.15) is 35.2 Å². The third-order valence-corrected chi connectivity index (χ3v) is 4.58. The van der Waals surface area contributed by atoms with E-state index in [2.05, 4.69) is 64.6 Å². The Morgan fingerprint density at radius 2 is 2.05 bits per heavy atom. The van der Waals surface area contributed by atoms with Crippen molar-refractivity contribution in [1.29, 1.82) is 0 Å². The maximum Gasteiger partial charge on any atom is 0.127 e. The van der Waals surface area contributed by atoms with Crippen molar-refractivity contribution >= 4 is 15.9 Å². The number of benzene rings is 2. The van der Waals surface area contributed by atoms with Gasteiger partial charge in [0.15, 0.2) is 0 Å². The first-order valence-electron chi connectivity index (χ1n) is 7.44. The highest BCUT2D eigenvalue weighted by Crippen LogP contribution is 2.39. The van der Waals surface area contributed by atoms with Gasteiger partial charge in [-0.05, 0) is 42.3 Å². The summed E-state index contributed by atoms with van der Waals surface area (Å²) in [4.78, 5) is 0. The molecule has 1 unspecified atom stereocenters. The molecule has 21 heavy (non-hydrogen) atoms. The monoisotopic (exact) mass is 345 g/mol. The van der Waals surface area contributed by atoms with Crippen molar-refractivity contribution in [3.05, 3.63) is 63.1 Å². The molecule has 1 atom stereocenters. The predicted molar refractivity (Wildman–Crippen MR) is 90.1 cm³/mol. The van der Waals surface area contributed by atoms with E-state index in [1.807, 2.05) is 7.05 Å². The molecule has 0 aliphatic carbocycles. The maximum atomic E-state index is 5.90. The topological polar surface area (TPSA) is 21.3 Å². The van der Waals surface area contributed by atoms with E-state index in [0.717, 1.165) is 29.7 Å². The van der Waals surface area contributed by atoms with Gasteiger partial charge in [-0.1, -0.05) is 47.1 Å². The summed E-state index contributed by atoms with van der Waals surface area (Å²) in [5.41, 5.74) is 5.23. The summed E-state index contributed by atoms with van der Waals surface area (Å²) in [6.45, 7) is 2.98. The number of nitrogens with one attached hydrogen (secondary N) is 1. The van der Waals surface area contributed by atoms with Crippen molar-refractivity contribution in [2.24, 2.45) is 0 Å². The van der Waals surface area contributed by atoms with Gasteiger partial charge in [-0.3, -0.25) is 0 Å². The number of aryl methyl sites for hydroxylation is 1. The molecule has 0 saturated heterocycles. The summed E-state index contributed by atoms with van der Waals surface area (Å²) in [7, 11) is 2.01. The molecule has 2 aromatic carbocycles. The van der Waals surface area contributed by atoms with E-state index in [9.17, 15) is 0 Å². The Kier molecular flexibility index (Phi) is 4.32. The molecule has 0 radical (unpaired) electrons. The van der Waals surface area contributed by atoms with E-state index in [-0.39, 0.29) is 6.04 Å². The van der Waals surface area contributed by atoms with Crippen LogP contribution < -0.4 is 10.1 Å². The number of halogens is 1. The van der Waals surface area contributed by atoms with E-state index < -0.39 is 0 Å². The molecule has 3 rings (SSSR count). The molecule has 1 N–H and O–H groups in total. The average Bonchev–Trinajstić information content (AvgIpc) is 2.96. The fourth-order valence-corrected chi connectivity index (χ4v) is 3.65. The van der Waals surface area contributed by atoms with Crippen LogP contribution in [0.25, 0.3) is 0 Å². The first kappa shape index (κ1) is 14.6. The van der Waals surface area contributed by atoms with Crippen LogP contribution in [0.15, 0.2) is 40.9 Å². The number of ether oxygens (including phenoxy) is 1. The molecular formula is C18H20BrNO. The Morgan fingerprint density at radius 3 is 2.81 bits per heavy atom. The number of rotatable bonds is 4. The highest BCUT2D eigenvalue weighted by atomic mass is 79.9. The van der Waals surface area contributed by atoms with Crippen molar-refractivity contribution < 1.29 is 4.74 Å². The minimum absolute atomic E-state index is 0.158. The second-order valence-corrected chi connectivity index (χ2v) is 6.27. The maximum absolute atomic E-state index is 5.90. The quantitative estimate of drug-likeness (QED) is 0.893. The lowest BCUT2D eigenvalue weighted by atomic mass is 9.92. The van der Waals surface area contributed by atoms with Crippen LogP contribution in [0.2, 0.25) is 0 Å². The summed E-state index contributed by atoms with van der Waals surface area (Å²) < 4.78 is 7.02. The zero-order valence-electron chi connectivity index (χ0n) is 12.4. The van der Waals surface area contributed by atoms with E-state index in [0.29, 0.717) is 0 Å². The normalized spacial score (nSPS) is 14.6.